The normalized spacial score (nSPS) is 17.8. The van der Waals surface area contributed by atoms with E-state index < -0.39 is 0 Å². The maximum absolute atomic E-state index is 10.8. The van der Waals surface area contributed by atoms with Crippen molar-refractivity contribution in [2.24, 2.45) is 0 Å². The molecular formula is C9H13N3O2S. The van der Waals surface area contributed by atoms with Gasteiger partial charge in [-0.25, -0.2) is 0 Å². The lowest BCUT2D eigenvalue weighted by atomic mass is 10.1. The first-order valence-corrected chi connectivity index (χ1v) is 5.82. The molecule has 0 aromatic carbocycles. The SMILES string of the molecule is CC(=O)OC1CCN(c2nncs2)CC1. The van der Waals surface area contributed by atoms with Gasteiger partial charge < -0.3 is 9.64 Å². The standard InChI is InChI=1S/C9H13N3O2S/c1-7(13)14-8-2-4-12(5-3-8)9-11-10-6-15-9/h6,8H,2-5H2,1H3. The van der Waals surface area contributed by atoms with Crippen molar-refractivity contribution in [2.75, 3.05) is 18.0 Å². The molecule has 2 heterocycles. The summed E-state index contributed by atoms with van der Waals surface area (Å²) in [7, 11) is 0. The first-order valence-electron chi connectivity index (χ1n) is 4.94. The number of piperidine rings is 1. The van der Waals surface area contributed by atoms with Crippen molar-refractivity contribution in [3.8, 4) is 0 Å². The number of carbonyl (C=O) groups is 1. The highest BCUT2D eigenvalue weighted by molar-refractivity contribution is 7.13. The van der Waals surface area contributed by atoms with Crippen molar-refractivity contribution >= 4 is 22.4 Å². The van der Waals surface area contributed by atoms with Crippen LogP contribution in [0.15, 0.2) is 5.51 Å². The summed E-state index contributed by atoms with van der Waals surface area (Å²) in [5.41, 5.74) is 1.73. The van der Waals surface area contributed by atoms with Gasteiger partial charge in [0.05, 0.1) is 0 Å². The molecule has 0 aliphatic carbocycles. The number of nitrogens with zero attached hydrogens (tertiary/aromatic N) is 3. The van der Waals surface area contributed by atoms with Crippen molar-refractivity contribution in [1.29, 1.82) is 0 Å². The smallest absolute Gasteiger partial charge is 0.302 e. The third-order valence-corrected chi connectivity index (χ3v) is 3.14. The van der Waals surface area contributed by atoms with E-state index in [0.717, 1.165) is 31.1 Å². The van der Waals surface area contributed by atoms with E-state index >= 15 is 0 Å². The topological polar surface area (TPSA) is 55.3 Å². The van der Waals surface area contributed by atoms with Gasteiger partial charge in [-0.1, -0.05) is 11.3 Å². The number of ether oxygens (including phenoxy) is 1. The number of carbonyl (C=O) groups excluding carboxylic acids is 1. The van der Waals surface area contributed by atoms with Crippen molar-refractivity contribution in [1.82, 2.24) is 10.2 Å². The summed E-state index contributed by atoms with van der Waals surface area (Å²) in [4.78, 5) is 12.9. The molecule has 0 unspecified atom stereocenters. The fourth-order valence-electron chi connectivity index (χ4n) is 1.70. The van der Waals surface area contributed by atoms with E-state index in [-0.39, 0.29) is 12.1 Å². The minimum Gasteiger partial charge on any atom is -0.462 e. The van der Waals surface area contributed by atoms with Gasteiger partial charge in [-0.3, -0.25) is 4.79 Å². The molecule has 1 fully saturated rings. The molecule has 0 atom stereocenters. The Kier molecular flexibility index (Phi) is 3.15. The second kappa shape index (κ2) is 4.57. The van der Waals surface area contributed by atoms with Crippen LogP contribution in [-0.2, 0) is 9.53 Å². The maximum Gasteiger partial charge on any atom is 0.302 e. The summed E-state index contributed by atoms with van der Waals surface area (Å²) >= 11 is 1.54. The minimum absolute atomic E-state index is 0.0756. The van der Waals surface area contributed by atoms with Crippen LogP contribution < -0.4 is 4.90 Å². The van der Waals surface area contributed by atoms with Crippen molar-refractivity contribution in [3.63, 3.8) is 0 Å². The lowest BCUT2D eigenvalue weighted by molar-refractivity contribution is -0.147. The van der Waals surface area contributed by atoms with Gasteiger partial charge in [0, 0.05) is 32.9 Å². The number of hydrogen-bond donors (Lipinski definition) is 0. The molecule has 2 rings (SSSR count). The first kappa shape index (κ1) is 10.4. The third kappa shape index (κ3) is 2.65. The molecule has 1 aromatic heterocycles. The Morgan fingerprint density at radius 2 is 2.33 bits per heavy atom. The Morgan fingerprint density at radius 1 is 1.60 bits per heavy atom. The van der Waals surface area contributed by atoms with Crippen LogP contribution in [-0.4, -0.2) is 35.4 Å². The van der Waals surface area contributed by atoms with Crippen LogP contribution in [0.2, 0.25) is 0 Å². The van der Waals surface area contributed by atoms with Gasteiger partial charge in [-0.15, -0.1) is 10.2 Å². The lowest BCUT2D eigenvalue weighted by Crippen LogP contribution is -2.37. The lowest BCUT2D eigenvalue weighted by Gasteiger charge is -2.30. The van der Waals surface area contributed by atoms with Crippen LogP contribution in [0.3, 0.4) is 0 Å². The zero-order valence-electron chi connectivity index (χ0n) is 8.55. The quantitative estimate of drug-likeness (QED) is 0.707. The third-order valence-electron chi connectivity index (χ3n) is 2.39. The molecule has 1 aromatic rings. The largest absolute Gasteiger partial charge is 0.462 e. The van der Waals surface area contributed by atoms with Crippen LogP contribution in [0, 0.1) is 0 Å². The fourth-order valence-corrected chi connectivity index (χ4v) is 2.32. The van der Waals surface area contributed by atoms with Gasteiger partial charge >= 0.3 is 5.97 Å². The number of aromatic nitrogens is 2. The monoisotopic (exact) mass is 227 g/mol. The highest BCUT2D eigenvalue weighted by atomic mass is 32.1. The second-order valence-corrected chi connectivity index (χ2v) is 4.33. The van der Waals surface area contributed by atoms with Crippen LogP contribution in [0.1, 0.15) is 19.8 Å². The predicted octanol–water partition coefficient (Wildman–Crippen LogP) is 1.07. The molecule has 0 saturated carbocycles. The van der Waals surface area contributed by atoms with E-state index in [1.807, 2.05) is 0 Å². The molecular weight excluding hydrogens is 214 g/mol. The summed E-state index contributed by atoms with van der Waals surface area (Å²) in [5.74, 6) is -0.190. The predicted molar refractivity (Wildman–Crippen MR) is 56.9 cm³/mol. The van der Waals surface area contributed by atoms with Gasteiger partial charge in [0.25, 0.3) is 0 Å². The Bertz CT molecular complexity index is 320. The van der Waals surface area contributed by atoms with E-state index in [0.29, 0.717) is 0 Å². The summed E-state index contributed by atoms with van der Waals surface area (Å²) in [5, 5.41) is 8.77. The fraction of sp³-hybridized carbons (Fsp3) is 0.667. The van der Waals surface area contributed by atoms with Crippen LogP contribution in [0.25, 0.3) is 0 Å². The van der Waals surface area contributed by atoms with Crippen LogP contribution in [0.5, 0.6) is 0 Å². The van der Waals surface area contributed by atoms with Gasteiger partial charge in [0.1, 0.15) is 11.6 Å². The highest BCUT2D eigenvalue weighted by Crippen LogP contribution is 2.22. The van der Waals surface area contributed by atoms with E-state index in [2.05, 4.69) is 15.1 Å². The summed E-state index contributed by atoms with van der Waals surface area (Å²) in [6.45, 7) is 3.22. The average Bonchev–Trinajstić information content (AvgIpc) is 2.71. The number of anilines is 1. The molecule has 15 heavy (non-hydrogen) atoms. The molecule has 0 radical (unpaired) electrons. The number of hydrogen-bond acceptors (Lipinski definition) is 6. The van der Waals surface area contributed by atoms with Gasteiger partial charge in [-0.05, 0) is 0 Å². The Labute approximate surface area is 92.1 Å². The highest BCUT2D eigenvalue weighted by Gasteiger charge is 2.22. The number of rotatable bonds is 2. The van der Waals surface area contributed by atoms with Crippen molar-refractivity contribution < 1.29 is 9.53 Å². The van der Waals surface area contributed by atoms with Crippen LogP contribution >= 0.6 is 11.3 Å². The molecule has 1 aliphatic heterocycles. The first-order chi connectivity index (χ1) is 7.25. The second-order valence-electron chi connectivity index (χ2n) is 3.52. The molecule has 0 spiro atoms. The summed E-state index contributed by atoms with van der Waals surface area (Å²) in [6.07, 6.45) is 1.82. The summed E-state index contributed by atoms with van der Waals surface area (Å²) in [6, 6.07) is 0. The Balaban J connectivity index is 1.84. The minimum atomic E-state index is -0.190. The van der Waals surface area contributed by atoms with Crippen LogP contribution in [0.4, 0.5) is 5.13 Å². The van der Waals surface area contributed by atoms with E-state index in [9.17, 15) is 4.79 Å². The summed E-state index contributed by atoms with van der Waals surface area (Å²) < 4.78 is 5.16. The molecule has 6 heteroatoms. The maximum atomic E-state index is 10.8. The van der Waals surface area contributed by atoms with Gasteiger partial charge in [0.2, 0.25) is 5.13 Å². The Hall–Kier alpha value is -1.17. The molecule has 0 N–H and O–H groups in total. The van der Waals surface area contributed by atoms with E-state index in [1.165, 1.54) is 6.92 Å². The molecule has 82 valence electrons. The Morgan fingerprint density at radius 3 is 2.87 bits per heavy atom. The zero-order valence-corrected chi connectivity index (χ0v) is 9.37. The molecule has 0 bridgehead atoms. The molecule has 1 aliphatic rings. The van der Waals surface area contributed by atoms with Crippen molar-refractivity contribution in [3.05, 3.63) is 5.51 Å². The van der Waals surface area contributed by atoms with E-state index in [4.69, 9.17) is 4.74 Å². The average molecular weight is 227 g/mol. The molecule has 1 saturated heterocycles. The molecule has 5 nitrogen and oxygen atoms in total. The van der Waals surface area contributed by atoms with Gasteiger partial charge in [0.15, 0.2) is 0 Å². The number of esters is 1. The molecule has 0 amide bonds. The zero-order chi connectivity index (χ0) is 10.7. The van der Waals surface area contributed by atoms with Crippen molar-refractivity contribution in [2.45, 2.75) is 25.9 Å². The van der Waals surface area contributed by atoms with E-state index in [1.54, 1.807) is 16.8 Å². The van der Waals surface area contributed by atoms with Gasteiger partial charge in [-0.2, -0.15) is 0 Å².